The lowest BCUT2D eigenvalue weighted by Crippen LogP contribution is -2.10. The molecule has 0 amide bonds. The summed E-state index contributed by atoms with van der Waals surface area (Å²) in [4.78, 5) is 2.42. The van der Waals surface area contributed by atoms with Crippen LogP contribution in [0.25, 0.3) is 91.8 Å². The first kappa shape index (κ1) is 35.2. The van der Waals surface area contributed by atoms with Crippen LogP contribution in [0.4, 0.5) is 17.1 Å². The highest BCUT2D eigenvalue weighted by Crippen LogP contribution is 2.44. The van der Waals surface area contributed by atoms with Crippen molar-refractivity contribution in [2.24, 2.45) is 0 Å². The zero-order valence-corrected chi connectivity index (χ0v) is 34.1. The van der Waals surface area contributed by atoms with E-state index in [2.05, 4.69) is 240 Å². The highest BCUT2D eigenvalue weighted by molar-refractivity contribution is 7.25. The molecule has 0 N–H and O–H groups in total. The lowest BCUT2D eigenvalue weighted by atomic mass is 9.94. The van der Waals surface area contributed by atoms with E-state index < -0.39 is 0 Å². The van der Waals surface area contributed by atoms with Crippen LogP contribution < -0.4 is 4.90 Å². The van der Waals surface area contributed by atoms with Crippen LogP contribution in [0.2, 0.25) is 0 Å². The molecule has 10 aromatic carbocycles. The number of rotatable bonds is 7. The van der Waals surface area contributed by atoms with E-state index in [0.717, 1.165) is 39.4 Å². The zero-order valence-electron chi connectivity index (χ0n) is 33.2. The van der Waals surface area contributed by atoms with Gasteiger partial charge in [0.05, 0.1) is 11.0 Å². The highest BCUT2D eigenvalue weighted by Gasteiger charge is 2.19. The molecule has 0 fully saturated rings. The Hall–Kier alpha value is -7.72. The van der Waals surface area contributed by atoms with Gasteiger partial charge in [0, 0.05) is 53.7 Å². The maximum Gasteiger partial charge on any atom is 0.0547 e. The fourth-order valence-corrected chi connectivity index (χ4v) is 10.3. The monoisotopic (exact) mass is 794 g/mol. The molecule has 0 unspecified atom stereocenters. The minimum Gasteiger partial charge on any atom is -0.310 e. The third-order valence-corrected chi connectivity index (χ3v) is 13.3. The molecule has 0 spiro atoms. The van der Waals surface area contributed by atoms with Crippen LogP contribution in [0, 0.1) is 0 Å². The second-order valence-electron chi connectivity index (χ2n) is 15.8. The summed E-state index contributed by atoms with van der Waals surface area (Å²) in [5.74, 6) is 0. The van der Waals surface area contributed by atoms with Crippen molar-refractivity contribution in [3.8, 4) is 39.1 Å². The van der Waals surface area contributed by atoms with E-state index in [0.29, 0.717) is 0 Å². The summed E-state index contributed by atoms with van der Waals surface area (Å²) >= 11 is 1.85. The normalized spacial score (nSPS) is 11.6. The summed E-state index contributed by atoms with van der Waals surface area (Å²) < 4.78 is 5.00. The summed E-state index contributed by atoms with van der Waals surface area (Å²) in [6.45, 7) is 0. The van der Waals surface area contributed by atoms with Crippen molar-refractivity contribution in [3.05, 3.63) is 231 Å². The molecule has 3 heteroatoms. The van der Waals surface area contributed by atoms with E-state index in [1.807, 2.05) is 11.3 Å². The largest absolute Gasteiger partial charge is 0.310 e. The third kappa shape index (κ3) is 6.18. The van der Waals surface area contributed by atoms with Gasteiger partial charge in [-0.15, -0.1) is 11.3 Å². The average molecular weight is 795 g/mol. The summed E-state index contributed by atoms with van der Waals surface area (Å²) in [5, 5.41) is 7.50. The molecule has 0 radical (unpaired) electrons. The second-order valence-corrected chi connectivity index (χ2v) is 16.9. The molecular formula is C58H38N2S. The second kappa shape index (κ2) is 14.5. The van der Waals surface area contributed by atoms with Crippen molar-refractivity contribution >= 4 is 81.1 Å². The van der Waals surface area contributed by atoms with Gasteiger partial charge in [-0.25, -0.2) is 0 Å². The van der Waals surface area contributed by atoms with E-state index >= 15 is 0 Å². The quantitative estimate of drug-likeness (QED) is 0.156. The smallest absolute Gasteiger partial charge is 0.0547 e. The molecule has 0 bridgehead atoms. The molecule has 0 aliphatic carbocycles. The third-order valence-electron chi connectivity index (χ3n) is 12.1. The summed E-state index contributed by atoms with van der Waals surface area (Å²) in [5.41, 5.74) is 14.0. The molecule has 0 aliphatic heterocycles. The standard InChI is InChI=1S/C58H38N2S/c1-4-14-39(15-5-1)40-24-25-42-33-43(27-26-41(42)32-40)45-34-46(44-28-30-52-51-20-10-12-22-55(51)60(56(52)37-44)48-18-8-3-9-19-48)36-50(35-45)59(47-16-6-2-7-17-47)49-29-31-58-54(38-49)53-21-11-13-23-57(53)61-58/h1-38H. The Balaban J connectivity index is 1.08. The molecule has 0 aliphatic rings. The van der Waals surface area contributed by atoms with E-state index in [-0.39, 0.29) is 0 Å². The Bertz CT molecular complexity index is 3580. The minimum atomic E-state index is 1.10. The maximum absolute atomic E-state index is 2.42. The SMILES string of the molecule is c1ccc(-c2ccc3cc(-c4cc(-c5ccc6c7ccccc7n(-c7ccccc7)c6c5)cc(N(c5ccccc5)c5ccc6sc7ccccc7c6c5)c4)ccc3c2)cc1. The molecule has 286 valence electrons. The zero-order chi connectivity index (χ0) is 40.3. The first-order chi connectivity index (χ1) is 30.2. The van der Waals surface area contributed by atoms with Gasteiger partial charge in [-0.2, -0.15) is 0 Å². The van der Waals surface area contributed by atoms with Gasteiger partial charge in [-0.05, 0) is 135 Å². The van der Waals surface area contributed by atoms with Crippen LogP contribution in [0.1, 0.15) is 0 Å². The van der Waals surface area contributed by atoms with Gasteiger partial charge in [0.15, 0.2) is 0 Å². The molecule has 2 nitrogen and oxygen atoms in total. The predicted octanol–water partition coefficient (Wildman–Crippen LogP) is 16.8. The first-order valence-corrected chi connectivity index (χ1v) is 21.6. The van der Waals surface area contributed by atoms with Crippen molar-refractivity contribution in [1.29, 1.82) is 0 Å². The van der Waals surface area contributed by atoms with Crippen molar-refractivity contribution in [1.82, 2.24) is 4.57 Å². The summed E-state index contributed by atoms with van der Waals surface area (Å²) in [7, 11) is 0. The number of anilines is 3. The number of hydrogen-bond donors (Lipinski definition) is 0. The van der Waals surface area contributed by atoms with Crippen LogP contribution >= 0.6 is 11.3 Å². The van der Waals surface area contributed by atoms with Gasteiger partial charge in [-0.1, -0.05) is 140 Å². The molecule has 2 heterocycles. The molecular weight excluding hydrogens is 757 g/mol. The lowest BCUT2D eigenvalue weighted by Gasteiger charge is -2.27. The van der Waals surface area contributed by atoms with Crippen LogP contribution in [0.15, 0.2) is 231 Å². The molecule has 2 aromatic heterocycles. The number of para-hydroxylation sites is 3. The van der Waals surface area contributed by atoms with Crippen molar-refractivity contribution in [2.75, 3.05) is 4.90 Å². The molecule has 0 atom stereocenters. The maximum atomic E-state index is 2.42. The average Bonchev–Trinajstić information content (AvgIpc) is 3.87. The number of thiophene rings is 1. The topological polar surface area (TPSA) is 8.17 Å². The molecule has 61 heavy (non-hydrogen) atoms. The van der Waals surface area contributed by atoms with E-state index in [9.17, 15) is 0 Å². The van der Waals surface area contributed by atoms with Crippen LogP contribution in [0.3, 0.4) is 0 Å². The molecule has 12 aromatic rings. The summed E-state index contributed by atoms with van der Waals surface area (Å²) in [6, 6.07) is 84.4. The Morgan fingerprint density at radius 2 is 0.869 bits per heavy atom. The highest BCUT2D eigenvalue weighted by atomic mass is 32.1. The Morgan fingerprint density at radius 1 is 0.295 bits per heavy atom. The van der Waals surface area contributed by atoms with Gasteiger partial charge in [0.1, 0.15) is 0 Å². The number of fused-ring (bicyclic) bond motifs is 7. The van der Waals surface area contributed by atoms with Crippen LogP contribution in [-0.4, -0.2) is 4.57 Å². The minimum absolute atomic E-state index is 1.10. The van der Waals surface area contributed by atoms with Gasteiger partial charge < -0.3 is 9.47 Å². The van der Waals surface area contributed by atoms with Gasteiger partial charge in [0.25, 0.3) is 0 Å². The van der Waals surface area contributed by atoms with Gasteiger partial charge in [0.2, 0.25) is 0 Å². The number of nitrogens with zero attached hydrogens (tertiary/aromatic N) is 2. The Labute approximate surface area is 358 Å². The van der Waals surface area contributed by atoms with E-state index in [1.54, 1.807) is 0 Å². The number of aromatic nitrogens is 1. The van der Waals surface area contributed by atoms with Crippen LogP contribution in [0.5, 0.6) is 0 Å². The first-order valence-electron chi connectivity index (χ1n) is 20.8. The number of benzene rings is 10. The van der Waals surface area contributed by atoms with E-state index in [1.165, 1.54) is 69.4 Å². The van der Waals surface area contributed by atoms with Crippen LogP contribution in [-0.2, 0) is 0 Å². The predicted molar refractivity (Wildman–Crippen MR) is 262 cm³/mol. The lowest BCUT2D eigenvalue weighted by molar-refractivity contribution is 1.18. The molecule has 0 saturated heterocycles. The Morgan fingerprint density at radius 3 is 1.62 bits per heavy atom. The summed E-state index contributed by atoms with van der Waals surface area (Å²) in [6.07, 6.45) is 0. The fourth-order valence-electron chi connectivity index (χ4n) is 9.19. The molecule has 12 rings (SSSR count). The van der Waals surface area contributed by atoms with Crippen molar-refractivity contribution in [3.63, 3.8) is 0 Å². The van der Waals surface area contributed by atoms with Crippen molar-refractivity contribution < 1.29 is 0 Å². The number of hydrogen-bond acceptors (Lipinski definition) is 2. The van der Waals surface area contributed by atoms with Gasteiger partial charge in [-0.3, -0.25) is 0 Å². The van der Waals surface area contributed by atoms with Crippen molar-refractivity contribution in [2.45, 2.75) is 0 Å². The van der Waals surface area contributed by atoms with Gasteiger partial charge >= 0.3 is 0 Å². The fraction of sp³-hybridized carbons (Fsp3) is 0. The Kier molecular flexibility index (Phi) is 8.39. The van der Waals surface area contributed by atoms with E-state index in [4.69, 9.17) is 0 Å². The molecule has 0 saturated carbocycles.